The van der Waals surface area contributed by atoms with Crippen molar-refractivity contribution in [3.05, 3.63) is 82.2 Å². The van der Waals surface area contributed by atoms with E-state index in [1.54, 1.807) is 18.3 Å². The van der Waals surface area contributed by atoms with Crippen molar-refractivity contribution < 1.29 is 13.9 Å². The number of H-pyrrole nitrogens is 1. The summed E-state index contributed by atoms with van der Waals surface area (Å²) in [7, 11) is 2.00. The van der Waals surface area contributed by atoms with Gasteiger partial charge in [-0.2, -0.15) is 5.10 Å². The normalized spacial score (nSPS) is 14.1. The molecule has 4 aromatic rings. The monoisotopic (exact) mass is 446 g/mol. The molecule has 1 N–H and O–H groups in total. The van der Waals surface area contributed by atoms with Gasteiger partial charge in [0.15, 0.2) is 5.78 Å². The van der Waals surface area contributed by atoms with Crippen LogP contribution in [0.2, 0.25) is 0 Å². The molecule has 2 aromatic heterocycles. The largest absolute Gasteiger partial charge is 0.490 e. The maximum Gasteiger partial charge on any atom is 0.274 e. The molecule has 1 aliphatic heterocycles. The van der Waals surface area contributed by atoms with Crippen LogP contribution in [0.15, 0.2) is 59.5 Å². The minimum atomic E-state index is -0.326. The van der Waals surface area contributed by atoms with E-state index in [1.165, 1.54) is 22.7 Å². The summed E-state index contributed by atoms with van der Waals surface area (Å²) < 4.78 is 20.3. The number of nitrogens with zero attached hydrogens (tertiary/aromatic N) is 3. The summed E-state index contributed by atoms with van der Waals surface area (Å²) in [4.78, 5) is 30.6. The Balaban J connectivity index is 1.44. The lowest BCUT2D eigenvalue weighted by atomic mass is 9.95. The predicted octanol–water partition coefficient (Wildman–Crippen LogP) is 4.03. The van der Waals surface area contributed by atoms with Crippen LogP contribution < -0.4 is 15.2 Å². The van der Waals surface area contributed by atoms with Crippen LogP contribution in [0.4, 0.5) is 10.1 Å². The van der Waals surface area contributed by atoms with Gasteiger partial charge in [-0.1, -0.05) is 19.1 Å². The standard InChI is InChI=1S/C25H23FN4O3/c1-15(16-3-6-18(26)7-4-16)11-23(31)19-13-22-25(32)27-20(14-30(22)28-19)17-5-8-24-21(12-17)29(2)9-10-33-24/h3-8,12-15H,9-11H2,1-2H3,(H,27,32)/t15-/m0/s1. The smallest absolute Gasteiger partial charge is 0.274 e. The molecule has 7 nitrogen and oxygen atoms in total. The van der Waals surface area contributed by atoms with Crippen molar-refractivity contribution in [3.63, 3.8) is 0 Å². The summed E-state index contributed by atoms with van der Waals surface area (Å²) >= 11 is 0. The van der Waals surface area contributed by atoms with E-state index >= 15 is 0 Å². The molecule has 0 saturated carbocycles. The van der Waals surface area contributed by atoms with E-state index in [1.807, 2.05) is 32.2 Å². The number of hydrogen-bond donors (Lipinski definition) is 1. The molecule has 0 saturated heterocycles. The van der Waals surface area contributed by atoms with E-state index in [4.69, 9.17) is 4.74 Å². The second kappa shape index (κ2) is 8.20. The SMILES string of the molecule is C[C@@H](CC(=O)c1cc2c(=O)[nH]c(-c3ccc4c(c3)N(C)CCO4)cn2n1)c1ccc(F)cc1. The highest BCUT2D eigenvalue weighted by molar-refractivity contribution is 5.95. The number of anilines is 1. The van der Waals surface area contributed by atoms with Crippen molar-refractivity contribution in [1.29, 1.82) is 0 Å². The van der Waals surface area contributed by atoms with Gasteiger partial charge in [0.2, 0.25) is 0 Å². The van der Waals surface area contributed by atoms with E-state index < -0.39 is 0 Å². The summed E-state index contributed by atoms with van der Waals surface area (Å²) in [6, 6.07) is 13.4. The molecule has 0 aliphatic carbocycles. The molecule has 1 aliphatic rings. The summed E-state index contributed by atoms with van der Waals surface area (Å²) in [5, 5.41) is 4.37. The summed E-state index contributed by atoms with van der Waals surface area (Å²) in [5.41, 5.74) is 3.43. The van der Waals surface area contributed by atoms with Crippen LogP contribution >= 0.6 is 0 Å². The summed E-state index contributed by atoms with van der Waals surface area (Å²) in [6.07, 6.45) is 1.92. The minimum absolute atomic E-state index is 0.105. The van der Waals surface area contributed by atoms with Crippen molar-refractivity contribution in [1.82, 2.24) is 14.6 Å². The molecule has 2 aromatic carbocycles. The Labute approximate surface area is 189 Å². The quantitative estimate of drug-likeness (QED) is 0.468. The Morgan fingerprint density at radius 3 is 2.79 bits per heavy atom. The molecule has 8 heteroatoms. The number of likely N-dealkylation sites (N-methyl/N-ethyl adjacent to an activating group) is 1. The number of aromatic nitrogens is 3. The fourth-order valence-electron chi connectivity index (χ4n) is 4.10. The first-order valence-electron chi connectivity index (χ1n) is 10.8. The molecule has 0 radical (unpaired) electrons. The van der Waals surface area contributed by atoms with Gasteiger partial charge in [0.1, 0.15) is 29.4 Å². The highest BCUT2D eigenvalue weighted by Crippen LogP contribution is 2.34. The molecule has 0 bridgehead atoms. The van der Waals surface area contributed by atoms with Crippen molar-refractivity contribution in [2.45, 2.75) is 19.3 Å². The lowest BCUT2D eigenvalue weighted by Crippen LogP contribution is -2.28. The van der Waals surface area contributed by atoms with Gasteiger partial charge in [-0.15, -0.1) is 0 Å². The van der Waals surface area contributed by atoms with Gasteiger partial charge in [0, 0.05) is 25.1 Å². The fraction of sp³-hybridized carbons (Fsp3) is 0.240. The minimum Gasteiger partial charge on any atom is -0.490 e. The molecule has 0 spiro atoms. The second-order valence-electron chi connectivity index (χ2n) is 8.39. The van der Waals surface area contributed by atoms with Crippen molar-refractivity contribution in [2.24, 2.45) is 0 Å². The highest BCUT2D eigenvalue weighted by atomic mass is 19.1. The lowest BCUT2D eigenvalue weighted by molar-refractivity contribution is 0.0970. The molecular formula is C25H23FN4O3. The molecule has 0 fully saturated rings. The van der Waals surface area contributed by atoms with Crippen LogP contribution in [0.25, 0.3) is 16.8 Å². The number of ketones is 1. The molecular weight excluding hydrogens is 423 g/mol. The van der Waals surface area contributed by atoms with Gasteiger partial charge in [0.25, 0.3) is 5.56 Å². The topological polar surface area (TPSA) is 79.7 Å². The number of aromatic amines is 1. The Morgan fingerprint density at radius 2 is 2.00 bits per heavy atom. The molecule has 3 heterocycles. The molecule has 0 unspecified atom stereocenters. The van der Waals surface area contributed by atoms with E-state index in [0.717, 1.165) is 29.1 Å². The van der Waals surface area contributed by atoms with Gasteiger partial charge in [-0.3, -0.25) is 9.59 Å². The van der Waals surface area contributed by atoms with E-state index in [-0.39, 0.29) is 35.2 Å². The van der Waals surface area contributed by atoms with Crippen molar-refractivity contribution >= 4 is 17.0 Å². The number of hydrogen-bond acceptors (Lipinski definition) is 5. The maximum atomic E-state index is 13.2. The Bertz CT molecular complexity index is 1410. The van der Waals surface area contributed by atoms with Crippen LogP contribution in [-0.2, 0) is 0 Å². The van der Waals surface area contributed by atoms with Crippen molar-refractivity contribution in [2.75, 3.05) is 25.1 Å². The van der Waals surface area contributed by atoms with Gasteiger partial charge in [-0.25, -0.2) is 8.91 Å². The van der Waals surface area contributed by atoms with Crippen LogP contribution in [0, 0.1) is 5.82 Å². The number of Topliss-reactive ketones (excluding diaryl/α,β-unsaturated/α-hetero) is 1. The van der Waals surface area contributed by atoms with Crippen LogP contribution in [0.5, 0.6) is 5.75 Å². The van der Waals surface area contributed by atoms with E-state index in [2.05, 4.69) is 15.0 Å². The van der Waals surface area contributed by atoms with Gasteiger partial charge in [-0.05, 0) is 41.8 Å². The number of rotatable bonds is 5. The van der Waals surface area contributed by atoms with Crippen LogP contribution in [0.1, 0.15) is 35.3 Å². The second-order valence-corrected chi connectivity index (χ2v) is 8.39. The first-order chi connectivity index (χ1) is 15.9. The summed E-state index contributed by atoms with van der Waals surface area (Å²) in [6.45, 7) is 3.32. The molecule has 168 valence electrons. The average Bonchev–Trinajstić information content (AvgIpc) is 3.25. The van der Waals surface area contributed by atoms with Gasteiger partial charge >= 0.3 is 0 Å². The number of carbonyl (C=O) groups excluding carboxylic acids is 1. The Hall–Kier alpha value is -3.94. The molecule has 1 atom stereocenters. The highest BCUT2D eigenvalue weighted by Gasteiger charge is 2.19. The number of carbonyl (C=O) groups is 1. The van der Waals surface area contributed by atoms with E-state index in [9.17, 15) is 14.0 Å². The van der Waals surface area contributed by atoms with E-state index in [0.29, 0.717) is 17.8 Å². The predicted molar refractivity (Wildman–Crippen MR) is 124 cm³/mol. The third-order valence-corrected chi connectivity index (χ3v) is 6.05. The van der Waals surface area contributed by atoms with Crippen LogP contribution in [0.3, 0.4) is 0 Å². The number of benzene rings is 2. The van der Waals surface area contributed by atoms with Gasteiger partial charge < -0.3 is 14.6 Å². The number of halogens is 1. The molecule has 5 rings (SSSR count). The van der Waals surface area contributed by atoms with Crippen LogP contribution in [-0.4, -0.2) is 40.6 Å². The average molecular weight is 446 g/mol. The number of fused-ring (bicyclic) bond motifs is 2. The number of ether oxygens (including phenoxy) is 1. The third-order valence-electron chi connectivity index (χ3n) is 6.05. The zero-order valence-electron chi connectivity index (χ0n) is 18.3. The summed E-state index contributed by atoms with van der Waals surface area (Å²) in [5.74, 6) is 0.208. The van der Waals surface area contributed by atoms with Gasteiger partial charge in [0.05, 0.1) is 24.1 Å². The zero-order chi connectivity index (χ0) is 23.1. The maximum absolute atomic E-state index is 13.2. The fourth-order valence-corrected chi connectivity index (χ4v) is 4.10. The molecule has 33 heavy (non-hydrogen) atoms. The zero-order valence-corrected chi connectivity index (χ0v) is 18.3. The Kier molecular flexibility index (Phi) is 5.20. The first-order valence-corrected chi connectivity index (χ1v) is 10.8. The molecule has 0 amide bonds. The lowest BCUT2D eigenvalue weighted by Gasteiger charge is -2.28. The third kappa shape index (κ3) is 4.00. The number of nitrogens with one attached hydrogen (secondary N) is 1. The Morgan fingerprint density at radius 1 is 1.21 bits per heavy atom. The van der Waals surface area contributed by atoms with Crippen molar-refractivity contribution in [3.8, 4) is 17.0 Å². The first kappa shape index (κ1) is 20.9.